The number of carbonyl (C=O) groups is 1. The molecule has 1 heterocycles. The minimum Gasteiger partial charge on any atom is -0.348 e. The maximum absolute atomic E-state index is 14.6. The van der Waals surface area contributed by atoms with Crippen molar-refractivity contribution in [2.75, 3.05) is 7.05 Å². The van der Waals surface area contributed by atoms with Crippen molar-refractivity contribution in [3.63, 3.8) is 0 Å². The lowest BCUT2D eigenvalue weighted by molar-refractivity contribution is 0.0950. The van der Waals surface area contributed by atoms with Crippen LogP contribution in [0, 0.1) is 12.7 Å². The maximum atomic E-state index is 14.6. The van der Waals surface area contributed by atoms with Gasteiger partial charge < -0.3 is 9.88 Å². The van der Waals surface area contributed by atoms with Gasteiger partial charge in [0.05, 0.1) is 10.6 Å². The normalized spacial score (nSPS) is 14.9. The number of hydrogen-bond acceptors (Lipinski definition) is 4. The number of benzene rings is 2. The van der Waals surface area contributed by atoms with Gasteiger partial charge >= 0.3 is 0 Å². The van der Waals surface area contributed by atoms with Crippen molar-refractivity contribution in [3.8, 4) is 5.69 Å². The number of sulfonamides is 1. The van der Waals surface area contributed by atoms with Gasteiger partial charge in [-0.15, -0.1) is 0 Å². The van der Waals surface area contributed by atoms with Crippen LogP contribution in [-0.4, -0.2) is 41.3 Å². The van der Waals surface area contributed by atoms with E-state index in [0.717, 1.165) is 32.1 Å². The molecule has 34 heavy (non-hydrogen) atoms. The zero-order valence-corrected chi connectivity index (χ0v) is 20.2. The van der Waals surface area contributed by atoms with Crippen molar-refractivity contribution in [1.82, 2.24) is 19.2 Å². The van der Waals surface area contributed by atoms with E-state index in [4.69, 9.17) is 0 Å². The van der Waals surface area contributed by atoms with E-state index in [0.29, 0.717) is 17.1 Å². The molecule has 0 saturated heterocycles. The van der Waals surface area contributed by atoms with E-state index in [1.807, 2.05) is 0 Å². The Hall–Kier alpha value is -3.04. The molecular weight excluding hydrogens is 455 g/mol. The number of nitrogens with one attached hydrogen (secondary N) is 1. The Kier molecular flexibility index (Phi) is 7.13. The second kappa shape index (κ2) is 10.1. The summed E-state index contributed by atoms with van der Waals surface area (Å²) in [5, 5.41) is 2.75. The molecule has 0 bridgehead atoms. The Balaban J connectivity index is 1.44. The average Bonchev–Trinajstić information content (AvgIpc) is 3.28. The Labute approximate surface area is 199 Å². The predicted octanol–water partition coefficient (Wildman–Crippen LogP) is 4.20. The fraction of sp³-hybridized carbons (Fsp3) is 0.360. The van der Waals surface area contributed by atoms with Crippen molar-refractivity contribution < 1.29 is 17.6 Å². The number of carbonyl (C=O) groups excluding carboxylic acids is 1. The summed E-state index contributed by atoms with van der Waals surface area (Å²) in [5.41, 5.74) is 1.21. The molecule has 0 unspecified atom stereocenters. The monoisotopic (exact) mass is 484 g/mol. The van der Waals surface area contributed by atoms with Crippen LogP contribution in [0.25, 0.3) is 5.69 Å². The lowest BCUT2D eigenvalue weighted by Crippen LogP contribution is -2.38. The lowest BCUT2D eigenvalue weighted by atomic mass is 9.96. The fourth-order valence-electron chi connectivity index (χ4n) is 4.38. The van der Waals surface area contributed by atoms with Gasteiger partial charge in [-0.3, -0.25) is 4.79 Å². The van der Waals surface area contributed by atoms with Crippen molar-refractivity contribution in [3.05, 3.63) is 77.6 Å². The Morgan fingerprint density at radius 3 is 2.62 bits per heavy atom. The van der Waals surface area contributed by atoms with Crippen LogP contribution in [-0.2, 0) is 16.6 Å². The van der Waals surface area contributed by atoms with Gasteiger partial charge in [-0.25, -0.2) is 17.8 Å². The molecule has 1 N–H and O–H groups in total. The zero-order valence-electron chi connectivity index (χ0n) is 19.4. The van der Waals surface area contributed by atoms with E-state index in [2.05, 4.69) is 10.3 Å². The van der Waals surface area contributed by atoms with Gasteiger partial charge in [0.15, 0.2) is 0 Å². The highest BCUT2D eigenvalue weighted by molar-refractivity contribution is 7.89. The van der Waals surface area contributed by atoms with Gasteiger partial charge in [0.2, 0.25) is 10.0 Å². The van der Waals surface area contributed by atoms with E-state index in [-0.39, 0.29) is 23.0 Å². The maximum Gasteiger partial charge on any atom is 0.251 e. The number of amides is 1. The molecule has 1 aliphatic carbocycles. The van der Waals surface area contributed by atoms with Crippen LogP contribution in [0.4, 0.5) is 4.39 Å². The van der Waals surface area contributed by atoms with Gasteiger partial charge in [-0.2, -0.15) is 4.31 Å². The molecule has 2 aromatic carbocycles. The second-order valence-electron chi connectivity index (χ2n) is 8.65. The van der Waals surface area contributed by atoms with Crippen LogP contribution in [0.15, 0.2) is 59.8 Å². The van der Waals surface area contributed by atoms with E-state index in [9.17, 15) is 17.6 Å². The van der Waals surface area contributed by atoms with E-state index < -0.39 is 21.7 Å². The molecule has 3 aromatic rings. The highest BCUT2D eigenvalue weighted by atomic mass is 32.2. The van der Waals surface area contributed by atoms with Crippen LogP contribution >= 0.6 is 0 Å². The van der Waals surface area contributed by atoms with Gasteiger partial charge in [0.25, 0.3) is 5.91 Å². The molecule has 1 fully saturated rings. The summed E-state index contributed by atoms with van der Waals surface area (Å²) in [6, 6.07) is 10.8. The molecule has 0 aliphatic heterocycles. The van der Waals surface area contributed by atoms with E-state index in [1.165, 1.54) is 22.5 Å². The van der Waals surface area contributed by atoms with Gasteiger partial charge in [0, 0.05) is 37.6 Å². The van der Waals surface area contributed by atoms with Crippen LogP contribution in [0.1, 0.15) is 53.8 Å². The molecule has 1 amide bonds. The highest BCUT2D eigenvalue weighted by Gasteiger charge is 2.29. The van der Waals surface area contributed by atoms with E-state index >= 15 is 0 Å². The van der Waals surface area contributed by atoms with Crippen LogP contribution in [0.3, 0.4) is 0 Å². The molecule has 0 radical (unpaired) electrons. The molecule has 0 atom stereocenters. The van der Waals surface area contributed by atoms with Gasteiger partial charge in [-0.1, -0.05) is 31.4 Å². The lowest BCUT2D eigenvalue weighted by Gasteiger charge is -2.30. The Morgan fingerprint density at radius 2 is 1.94 bits per heavy atom. The summed E-state index contributed by atoms with van der Waals surface area (Å²) in [7, 11) is -2.09. The largest absolute Gasteiger partial charge is 0.348 e. The molecule has 180 valence electrons. The van der Waals surface area contributed by atoms with Crippen molar-refractivity contribution in [1.29, 1.82) is 0 Å². The second-order valence-corrected chi connectivity index (χ2v) is 10.7. The van der Waals surface area contributed by atoms with Crippen LogP contribution < -0.4 is 5.32 Å². The standard InChI is InChI=1S/C25H29FN4O3S/c1-18-27-13-14-30(18)24-12-11-19(15-23(24)26)17-28-25(31)20-7-6-10-22(16-20)34(32,33)29(2)21-8-4-3-5-9-21/h6-7,10-16,21H,3-5,8-9,17H2,1-2H3,(H,28,31). The first-order valence-electron chi connectivity index (χ1n) is 11.4. The summed E-state index contributed by atoms with van der Waals surface area (Å²) in [4.78, 5) is 16.9. The number of imidazole rings is 1. The smallest absolute Gasteiger partial charge is 0.251 e. The van der Waals surface area contributed by atoms with E-state index in [1.54, 1.807) is 55.2 Å². The third kappa shape index (κ3) is 5.05. The van der Waals surface area contributed by atoms with Gasteiger partial charge in [0.1, 0.15) is 11.6 Å². The minimum absolute atomic E-state index is 0.0137. The SMILES string of the molecule is Cc1nccn1-c1ccc(CNC(=O)c2cccc(S(=O)(=O)N(C)C3CCCCC3)c2)cc1F. The number of halogens is 1. The zero-order chi connectivity index (χ0) is 24.3. The summed E-state index contributed by atoms with van der Waals surface area (Å²) < 4.78 is 44.0. The minimum atomic E-state index is -3.70. The first kappa shape index (κ1) is 24.1. The summed E-state index contributed by atoms with van der Waals surface area (Å²) in [6.45, 7) is 1.90. The summed E-state index contributed by atoms with van der Waals surface area (Å²) in [6.07, 6.45) is 8.17. The van der Waals surface area contributed by atoms with Crippen molar-refractivity contribution in [2.45, 2.75) is 56.5 Å². The number of aryl methyl sites for hydroxylation is 1. The number of hydrogen-bond donors (Lipinski definition) is 1. The van der Waals surface area contributed by atoms with Crippen LogP contribution in [0.2, 0.25) is 0 Å². The Morgan fingerprint density at radius 1 is 1.18 bits per heavy atom. The van der Waals surface area contributed by atoms with Crippen molar-refractivity contribution in [2.24, 2.45) is 0 Å². The molecule has 4 rings (SSSR count). The number of nitrogens with zero attached hydrogens (tertiary/aromatic N) is 3. The highest BCUT2D eigenvalue weighted by Crippen LogP contribution is 2.27. The molecule has 1 aromatic heterocycles. The summed E-state index contributed by atoms with van der Waals surface area (Å²) >= 11 is 0. The topological polar surface area (TPSA) is 84.3 Å². The third-order valence-corrected chi connectivity index (χ3v) is 8.32. The first-order valence-corrected chi connectivity index (χ1v) is 12.9. The van der Waals surface area contributed by atoms with Crippen LogP contribution in [0.5, 0.6) is 0 Å². The summed E-state index contributed by atoms with van der Waals surface area (Å²) in [5.74, 6) is -0.178. The quantitative estimate of drug-likeness (QED) is 0.545. The molecule has 7 nitrogen and oxygen atoms in total. The predicted molar refractivity (Wildman–Crippen MR) is 128 cm³/mol. The molecule has 9 heteroatoms. The van der Waals surface area contributed by atoms with Gasteiger partial charge in [-0.05, 0) is 55.7 Å². The third-order valence-electron chi connectivity index (χ3n) is 6.41. The molecule has 1 saturated carbocycles. The first-order chi connectivity index (χ1) is 16.3. The molecule has 0 spiro atoms. The Bertz CT molecular complexity index is 1280. The average molecular weight is 485 g/mol. The fourth-order valence-corrected chi connectivity index (χ4v) is 5.84. The molecular formula is C25H29FN4O3S. The number of aromatic nitrogens is 2. The van der Waals surface area contributed by atoms with Crippen molar-refractivity contribution >= 4 is 15.9 Å². The number of rotatable bonds is 7. The molecule has 1 aliphatic rings.